The van der Waals surface area contributed by atoms with Crippen molar-refractivity contribution in [3.8, 4) is 51.0 Å². The Hall–Kier alpha value is -6.92. The van der Waals surface area contributed by atoms with Gasteiger partial charge in [-0.15, -0.1) is 0 Å². The number of fused-ring (bicyclic) bond motifs is 6. The fourth-order valence-electron chi connectivity index (χ4n) is 7.00. The van der Waals surface area contributed by atoms with Crippen LogP contribution in [0.3, 0.4) is 0 Å². The summed E-state index contributed by atoms with van der Waals surface area (Å²) in [6.07, 6.45) is 1.76. The zero-order chi connectivity index (χ0) is 33.0. The van der Waals surface area contributed by atoms with E-state index in [0.29, 0.717) is 23.2 Å². The van der Waals surface area contributed by atoms with E-state index in [0.717, 1.165) is 49.9 Å². The lowest BCUT2D eigenvalue weighted by atomic mass is 10.00. The maximum atomic E-state index is 6.33. The van der Waals surface area contributed by atoms with Crippen LogP contribution in [0.25, 0.3) is 94.9 Å². The first-order valence-corrected chi connectivity index (χ1v) is 16.6. The molecule has 0 N–H and O–H groups in total. The molecule has 50 heavy (non-hydrogen) atoms. The second-order valence-electron chi connectivity index (χ2n) is 12.3. The lowest BCUT2D eigenvalue weighted by Gasteiger charge is -2.09. The molecular formula is C44H27N5O. The minimum absolute atomic E-state index is 0.541. The molecule has 0 aliphatic heterocycles. The summed E-state index contributed by atoms with van der Waals surface area (Å²) >= 11 is 0. The Kier molecular flexibility index (Phi) is 6.39. The average Bonchev–Trinajstić information content (AvgIpc) is 3.74. The van der Waals surface area contributed by atoms with Crippen molar-refractivity contribution < 1.29 is 4.42 Å². The Morgan fingerprint density at radius 1 is 0.440 bits per heavy atom. The summed E-state index contributed by atoms with van der Waals surface area (Å²) < 4.78 is 8.66. The van der Waals surface area contributed by atoms with Crippen molar-refractivity contribution >= 4 is 43.9 Å². The number of hydrogen-bond donors (Lipinski definition) is 0. The normalized spacial score (nSPS) is 11.6. The predicted molar refractivity (Wildman–Crippen MR) is 201 cm³/mol. The molecule has 0 spiro atoms. The molecule has 10 aromatic rings. The summed E-state index contributed by atoms with van der Waals surface area (Å²) in [5, 5.41) is 4.24. The van der Waals surface area contributed by atoms with Crippen LogP contribution in [0.1, 0.15) is 0 Å². The molecule has 234 valence electrons. The number of para-hydroxylation sites is 2. The third-order valence-corrected chi connectivity index (χ3v) is 9.33. The van der Waals surface area contributed by atoms with Crippen LogP contribution in [0.15, 0.2) is 168 Å². The fraction of sp³-hybridized carbons (Fsp3) is 0. The molecule has 10 rings (SSSR count). The third-order valence-electron chi connectivity index (χ3n) is 9.33. The minimum Gasteiger partial charge on any atom is -0.438 e. The molecule has 4 heterocycles. The van der Waals surface area contributed by atoms with Gasteiger partial charge in [0.2, 0.25) is 5.71 Å². The molecule has 0 radical (unpaired) electrons. The molecular weight excluding hydrogens is 615 g/mol. The third kappa shape index (κ3) is 4.58. The van der Waals surface area contributed by atoms with E-state index in [1.165, 1.54) is 21.8 Å². The molecule has 0 unspecified atom stereocenters. The van der Waals surface area contributed by atoms with Gasteiger partial charge in [0.15, 0.2) is 17.5 Å². The number of furan rings is 1. The van der Waals surface area contributed by atoms with E-state index in [1.807, 2.05) is 72.8 Å². The van der Waals surface area contributed by atoms with Crippen LogP contribution >= 0.6 is 0 Å². The van der Waals surface area contributed by atoms with E-state index in [9.17, 15) is 0 Å². The zero-order valence-electron chi connectivity index (χ0n) is 26.7. The highest BCUT2D eigenvalue weighted by Crippen LogP contribution is 2.39. The minimum atomic E-state index is 0.541. The van der Waals surface area contributed by atoms with Crippen molar-refractivity contribution in [2.24, 2.45) is 0 Å². The molecule has 0 saturated carbocycles. The van der Waals surface area contributed by atoms with E-state index in [1.54, 1.807) is 6.20 Å². The van der Waals surface area contributed by atoms with Gasteiger partial charge in [-0.25, -0.2) is 19.9 Å². The molecule has 0 saturated heterocycles. The van der Waals surface area contributed by atoms with Crippen molar-refractivity contribution in [2.75, 3.05) is 0 Å². The van der Waals surface area contributed by atoms with Gasteiger partial charge in [-0.1, -0.05) is 109 Å². The summed E-state index contributed by atoms with van der Waals surface area (Å²) in [6.45, 7) is 0. The summed E-state index contributed by atoms with van der Waals surface area (Å²) in [6, 6.07) is 54.2. The summed E-state index contributed by atoms with van der Waals surface area (Å²) in [5.74, 6) is 1.78. The van der Waals surface area contributed by atoms with Crippen molar-refractivity contribution in [3.05, 3.63) is 164 Å². The highest BCUT2D eigenvalue weighted by molar-refractivity contribution is 6.13. The fourth-order valence-corrected chi connectivity index (χ4v) is 7.00. The number of aromatic nitrogens is 5. The van der Waals surface area contributed by atoms with Crippen LogP contribution in [0.2, 0.25) is 0 Å². The first kappa shape index (κ1) is 28.1. The Labute approximate surface area is 287 Å². The Morgan fingerprint density at radius 3 is 1.74 bits per heavy atom. The van der Waals surface area contributed by atoms with E-state index in [-0.39, 0.29) is 0 Å². The Morgan fingerprint density at radius 2 is 1.02 bits per heavy atom. The van der Waals surface area contributed by atoms with Gasteiger partial charge in [0.25, 0.3) is 0 Å². The van der Waals surface area contributed by atoms with Crippen LogP contribution in [0.5, 0.6) is 0 Å². The molecule has 6 heteroatoms. The van der Waals surface area contributed by atoms with Crippen molar-refractivity contribution in [3.63, 3.8) is 0 Å². The molecule has 4 aromatic heterocycles. The van der Waals surface area contributed by atoms with Gasteiger partial charge in [-0.3, -0.25) is 0 Å². The summed E-state index contributed by atoms with van der Waals surface area (Å²) in [5.41, 5.74) is 9.66. The molecule has 0 amide bonds. The Balaban J connectivity index is 1.16. The average molecular weight is 642 g/mol. The van der Waals surface area contributed by atoms with E-state index in [4.69, 9.17) is 19.4 Å². The first-order chi connectivity index (χ1) is 24.8. The second-order valence-corrected chi connectivity index (χ2v) is 12.3. The number of pyridine rings is 1. The largest absolute Gasteiger partial charge is 0.438 e. The maximum absolute atomic E-state index is 6.33. The molecule has 0 atom stereocenters. The lowest BCUT2D eigenvalue weighted by Crippen LogP contribution is -2.00. The van der Waals surface area contributed by atoms with E-state index in [2.05, 4.69) is 94.5 Å². The molecule has 0 fully saturated rings. The maximum Gasteiger partial charge on any atom is 0.228 e. The van der Waals surface area contributed by atoms with Crippen molar-refractivity contribution in [2.45, 2.75) is 0 Å². The Bertz CT molecular complexity index is 2800. The molecule has 6 nitrogen and oxygen atoms in total. The van der Waals surface area contributed by atoms with Crippen molar-refractivity contribution in [1.29, 1.82) is 0 Å². The smallest absolute Gasteiger partial charge is 0.228 e. The molecule has 0 bridgehead atoms. The van der Waals surface area contributed by atoms with Gasteiger partial charge < -0.3 is 8.98 Å². The second kappa shape index (κ2) is 11.4. The van der Waals surface area contributed by atoms with E-state index < -0.39 is 0 Å². The monoisotopic (exact) mass is 641 g/mol. The highest BCUT2D eigenvalue weighted by atomic mass is 16.3. The lowest BCUT2D eigenvalue weighted by molar-refractivity contribution is 0.654. The summed E-state index contributed by atoms with van der Waals surface area (Å²) in [4.78, 5) is 19.5. The topological polar surface area (TPSA) is 69.6 Å². The van der Waals surface area contributed by atoms with Crippen LogP contribution in [-0.4, -0.2) is 24.5 Å². The van der Waals surface area contributed by atoms with Crippen LogP contribution in [0, 0.1) is 0 Å². The van der Waals surface area contributed by atoms with Crippen LogP contribution in [0.4, 0.5) is 0 Å². The van der Waals surface area contributed by atoms with Gasteiger partial charge >= 0.3 is 0 Å². The number of rotatable bonds is 5. The van der Waals surface area contributed by atoms with Gasteiger partial charge in [-0.05, 0) is 59.7 Å². The van der Waals surface area contributed by atoms with E-state index >= 15 is 0 Å². The molecule has 6 aromatic carbocycles. The van der Waals surface area contributed by atoms with Crippen molar-refractivity contribution in [1.82, 2.24) is 24.5 Å². The van der Waals surface area contributed by atoms with Gasteiger partial charge in [-0.2, -0.15) is 0 Å². The predicted octanol–water partition coefficient (Wildman–Crippen LogP) is 10.9. The standard InChI is InChI=1S/C44H27N5O/c1-4-12-28(13-5-1)41-46-42(29-14-6-2-7-15-29)48-43(47-41)34-24-25-45-44-40(34)36-27-31(21-23-39(36)50-44)30-20-22-38-35(26-30)33-18-10-11-19-37(33)49(38)32-16-8-3-9-17-32/h1-27H. The van der Waals surface area contributed by atoms with Gasteiger partial charge in [0, 0.05) is 44.7 Å². The number of hydrogen-bond acceptors (Lipinski definition) is 5. The number of nitrogens with zero attached hydrogens (tertiary/aromatic N) is 5. The van der Waals surface area contributed by atoms with Gasteiger partial charge in [0.1, 0.15) is 5.58 Å². The van der Waals surface area contributed by atoms with Crippen LogP contribution in [-0.2, 0) is 0 Å². The van der Waals surface area contributed by atoms with Crippen LogP contribution < -0.4 is 0 Å². The summed E-state index contributed by atoms with van der Waals surface area (Å²) in [7, 11) is 0. The quantitative estimate of drug-likeness (QED) is 0.187. The first-order valence-electron chi connectivity index (χ1n) is 16.6. The van der Waals surface area contributed by atoms with Gasteiger partial charge in [0.05, 0.1) is 16.4 Å². The SMILES string of the molecule is c1ccc(-c2nc(-c3ccccc3)nc(-c3ccnc4oc5ccc(-c6ccc7c(c6)c6ccccc6n7-c6ccccc6)cc5c34)n2)cc1. The molecule has 0 aliphatic carbocycles. The number of benzene rings is 6. The zero-order valence-corrected chi connectivity index (χ0v) is 26.7. The highest BCUT2D eigenvalue weighted by Gasteiger charge is 2.20. The molecule has 0 aliphatic rings.